The van der Waals surface area contributed by atoms with Gasteiger partial charge in [0.15, 0.2) is 0 Å². The van der Waals surface area contributed by atoms with Crippen LogP contribution in [0, 0.1) is 0 Å². The Kier molecular flexibility index (Phi) is 4.70. The molecule has 0 aliphatic rings. The van der Waals surface area contributed by atoms with E-state index >= 15 is 0 Å². The van der Waals surface area contributed by atoms with Gasteiger partial charge in [0.2, 0.25) is 0 Å². The monoisotopic (exact) mass is 388 g/mol. The molecule has 1 aromatic carbocycles. The fraction of sp³-hybridized carbons (Fsp3) is 0.231. The third-order valence-electron chi connectivity index (χ3n) is 2.52. The van der Waals surface area contributed by atoms with Crippen molar-refractivity contribution >= 4 is 54.6 Å². The minimum absolute atomic E-state index is 0.841. The Hall–Kier alpha value is -0.520. The molecule has 5 heteroatoms. The number of benzene rings is 1. The van der Waals surface area contributed by atoms with Crippen LogP contribution >= 0.6 is 43.2 Å². The molecule has 0 aliphatic heterocycles. The molecule has 0 unspecified atom stereocenters. The lowest BCUT2D eigenvalue weighted by atomic mass is 10.2. The first-order chi connectivity index (χ1) is 8.56. The Morgan fingerprint density at radius 3 is 2.56 bits per heavy atom. The van der Waals surface area contributed by atoms with Crippen LogP contribution < -0.4 is 10.2 Å². The van der Waals surface area contributed by atoms with Crippen molar-refractivity contribution in [3.05, 3.63) is 43.5 Å². The van der Waals surface area contributed by atoms with Crippen LogP contribution in [-0.4, -0.2) is 14.1 Å². The molecule has 2 aromatic rings. The first-order valence-corrected chi connectivity index (χ1v) is 7.96. The molecular formula is C13H14Br2N2S. The molecule has 0 spiro atoms. The van der Waals surface area contributed by atoms with E-state index in [0.717, 1.165) is 21.2 Å². The zero-order chi connectivity index (χ0) is 13.1. The second-order valence-corrected chi connectivity index (χ2v) is 6.97. The lowest BCUT2D eigenvalue weighted by Gasteiger charge is -2.18. The zero-order valence-corrected chi connectivity index (χ0v) is 14.2. The van der Waals surface area contributed by atoms with Gasteiger partial charge in [0, 0.05) is 39.8 Å². The van der Waals surface area contributed by atoms with Gasteiger partial charge in [-0.05, 0) is 40.2 Å². The number of thiophene rings is 1. The number of hydrogen-bond acceptors (Lipinski definition) is 3. The fourth-order valence-corrected chi connectivity index (χ4v) is 3.42. The molecule has 2 rings (SSSR count). The largest absolute Gasteiger partial charge is 0.378 e. The van der Waals surface area contributed by atoms with E-state index in [1.165, 1.54) is 10.6 Å². The number of nitrogens with zero attached hydrogens (tertiary/aromatic N) is 1. The summed E-state index contributed by atoms with van der Waals surface area (Å²) < 4.78 is 2.23. The summed E-state index contributed by atoms with van der Waals surface area (Å²) in [6.07, 6.45) is 0. The van der Waals surface area contributed by atoms with Crippen molar-refractivity contribution in [2.75, 3.05) is 24.3 Å². The van der Waals surface area contributed by atoms with Crippen LogP contribution in [0.1, 0.15) is 4.88 Å². The highest BCUT2D eigenvalue weighted by molar-refractivity contribution is 9.10. The van der Waals surface area contributed by atoms with Crippen LogP contribution in [0.25, 0.3) is 0 Å². The van der Waals surface area contributed by atoms with E-state index in [1.807, 2.05) is 0 Å². The van der Waals surface area contributed by atoms with Crippen LogP contribution in [0.2, 0.25) is 0 Å². The molecule has 0 atom stereocenters. The number of halogens is 2. The van der Waals surface area contributed by atoms with Crippen LogP contribution in [-0.2, 0) is 6.54 Å². The fourth-order valence-electron chi connectivity index (χ4n) is 1.67. The van der Waals surface area contributed by atoms with Gasteiger partial charge in [-0.15, -0.1) is 11.3 Å². The van der Waals surface area contributed by atoms with Gasteiger partial charge in [-0.1, -0.05) is 15.9 Å². The van der Waals surface area contributed by atoms with Gasteiger partial charge in [0.1, 0.15) is 0 Å². The second kappa shape index (κ2) is 6.08. The minimum Gasteiger partial charge on any atom is -0.378 e. The third kappa shape index (κ3) is 3.49. The van der Waals surface area contributed by atoms with Crippen molar-refractivity contribution in [1.82, 2.24) is 0 Å². The lowest BCUT2D eigenvalue weighted by molar-refractivity contribution is 1.11. The smallest absolute Gasteiger partial charge is 0.0597 e. The van der Waals surface area contributed by atoms with Crippen LogP contribution in [0.15, 0.2) is 38.6 Å². The Labute approximate surface area is 128 Å². The van der Waals surface area contributed by atoms with Gasteiger partial charge < -0.3 is 10.2 Å². The Bertz CT molecular complexity index is 538. The van der Waals surface area contributed by atoms with E-state index in [2.05, 4.69) is 85.8 Å². The highest BCUT2D eigenvalue weighted by atomic mass is 79.9. The predicted octanol–water partition coefficient (Wildman–Crippen LogP) is 4.95. The van der Waals surface area contributed by atoms with Gasteiger partial charge >= 0.3 is 0 Å². The molecule has 0 amide bonds. The van der Waals surface area contributed by atoms with E-state index in [9.17, 15) is 0 Å². The molecule has 0 saturated carbocycles. The molecule has 0 aliphatic carbocycles. The summed E-state index contributed by atoms with van der Waals surface area (Å²) in [5, 5.41) is 5.58. The average Bonchev–Trinajstić information content (AvgIpc) is 2.72. The highest BCUT2D eigenvalue weighted by Crippen LogP contribution is 2.29. The molecule has 96 valence electrons. The maximum absolute atomic E-state index is 3.51. The number of rotatable bonds is 4. The number of anilines is 2. The van der Waals surface area contributed by atoms with Gasteiger partial charge in [-0.2, -0.15) is 0 Å². The van der Waals surface area contributed by atoms with Crippen molar-refractivity contribution in [3.8, 4) is 0 Å². The van der Waals surface area contributed by atoms with Crippen molar-refractivity contribution in [1.29, 1.82) is 0 Å². The molecular weight excluding hydrogens is 376 g/mol. The maximum atomic E-state index is 3.51. The zero-order valence-electron chi connectivity index (χ0n) is 10.2. The van der Waals surface area contributed by atoms with Crippen molar-refractivity contribution in [2.24, 2.45) is 0 Å². The van der Waals surface area contributed by atoms with Gasteiger partial charge in [0.25, 0.3) is 0 Å². The predicted molar refractivity (Wildman–Crippen MR) is 87.8 cm³/mol. The third-order valence-corrected chi connectivity index (χ3v) is 4.71. The first-order valence-electron chi connectivity index (χ1n) is 5.50. The first kappa shape index (κ1) is 13.9. The van der Waals surface area contributed by atoms with Crippen LogP contribution in [0.3, 0.4) is 0 Å². The molecule has 1 aromatic heterocycles. The van der Waals surface area contributed by atoms with Gasteiger partial charge in [-0.25, -0.2) is 0 Å². The summed E-state index contributed by atoms with van der Waals surface area (Å²) in [5.41, 5.74) is 2.33. The normalized spacial score (nSPS) is 10.4. The average molecular weight is 390 g/mol. The molecule has 0 saturated heterocycles. The van der Waals surface area contributed by atoms with E-state index < -0.39 is 0 Å². The molecule has 0 fully saturated rings. The van der Waals surface area contributed by atoms with Crippen LogP contribution in [0.4, 0.5) is 11.4 Å². The SMILES string of the molecule is CN(C)c1ccc(Br)cc1NCc1cc(Br)cs1. The van der Waals surface area contributed by atoms with E-state index in [1.54, 1.807) is 11.3 Å². The Morgan fingerprint density at radius 1 is 1.17 bits per heavy atom. The molecule has 0 bridgehead atoms. The molecule has 1 N–H and O–H groups in total. The van der Waals surface area contributed by atoms with E-state index in [0.29, 0.717) is 0 Å². The van der Waals surface area contributed by atoms with Crippen molar-refractivity contribution in [2.45, 2.75) is 6.54 Å². The molecule has 2 nitrogen and oxygen atoms in total. The van der Waals surface area contributed by atoms with Crippen molar-refractivity contribution in [3.63, 3.8) is 0 Å². The Balaban J connectivity index is 2.15. The molecule has 0 radical (unpaired) electrons. The lowest BCUT2D eigenvalue weighted by Crippen LogP contribution is -2.12. The van der Waals surface area contributed by atoms with E-state index in [4.69, 9.17) is 0 Å². The van der Waals surface area contributed by atoms with Gasteiger partial charge in [0.05, 0.1) is 11.4 Å². The quantitative estimate of drug-likeness (QED) is 0.795. The second-order valence-electron chi connectivity index (χ2n) is 4.14. The summed E-state index contributed by atoms with van der Waals surface area (Å²) in [4.78, 5) is 3.42. The maximum Gasteiger partial charge on any atom is 0.0597 e. The summed E-state index contributed by atoms with van der Waals surface area (Å²) in [6.45, 7) is 0.841. The summed E-state index contributed by atoms with van der Waals surface area (Å²) >= 11 is 8.74. The molecule has 1 heterocycles. The minimum atomic E-state index is 0.841. The Morgan fingerprint density at radius 2 is 1.94 bits per heavy atom. The van der Waals surface area contributed by atoms with Crippen LogP contribution in [0.5, 0.6) is 0 Å². The summed E-state index contributed by atoms with van der Waals surface area (Å²) in [5.74, 6) is 0. The standard InChI is InChI=1S/C13H14Br2N2S/c1-17(2)13-4-3-9(14)6-12(13)16-7-11-5-10(15)8-18-11/h3-6,8,16H,7H2,1-2H3. The van der Waals surface area contributed by atoms with Crippen molar-refractivity contribution < 1.29 is 0 Å². The van der Waals surface area contributed by atoms with E-state index in [-0.39, 0.29) is 0 Å². The summed E-state index contributed by atoms with van der Waals surface area (Å²) in [6, 6.07) is 8.42. The number of nitrogens with one attached hydrogen (secondary N) is 1. The summed E-state index contributed by atoms with van der Waals surface area (Å²) in [7, 11) is 4.10. The van der Waals surface area contributed by atoms with Gasteiger partial charge in [-0.3, -0.25) is 0 Å². The number of hydrogen-bond donors (Lipinski definition) is 1. The highest BCUT2D eigenvalue weighted by Gasteiger charge is 2.05. The topological polar surface area (TPSA) is 15.3 Å². The molecule has 18 heavy (non-hydrogen) atoms.